The van der Waals surface area contributed by atoms with E-state index in [0.717, 1.165) is 0 Å². The molecule has 0 fully saturated rings. The van der Waals surface area contributed by atoms with E-state index in [4.69, 9.17) is 11.6 Å². The predicted molar refractivity (Wildman–Crippen MR) is 103 cm³/mol. The molecule has 1 heterocycles. The zero-order chi connectivity index (χ0) is 19.4. The highest BCUT2D eigenvalue weighted by Gasteiger charge is 2.27. The molecule has 1 amide bonds. The van der Waals surface area contributed by atoms with Crippen molar-refractivity contribution in [3.63, 3.8) is 0 Å². The molecule has 0 saturated carbocycles. The molecular formula is C19H12BrClF2N2O2. The van der Waals surface area contributed by atoms with Crippen LogP contribution >= 0.6 is 27.5 Å². The largest absolute Gasteiger partial charge is 0.487 e. The number of aromatic nitrogens is 1. The van der Waals surface area contributed by atoms with E-state index >= 15 is 0 Å². The minimum Gasteiger partial charge on any atom is -0.420 e. The van der Waals surface area contributed by atoms with Gasteiger partial charge in [-0.25, -0.2) is 0 Å². The molecule has 0 saturated heterocycles. The van der Waals surface area contributed by atoms with Crippen molar-refractivity contribution in [2.75, 3.05) is 5.32 Å². The molecule has 0 atom stereocenters. The van der Waals surface area contributed by atoms with Crippen molar-refractivity contribution < 1.29 is 18.3 Å². The summed E-state index contributed by atoms with van der Waals surface area (Å²) in [6.07, 6.45) is 1.56. The van der Waals surface area contributed by atoms with Gasteiger partial charge < -0.3 is 10.1 Å². The van der Waals surface area contributed by atoms with Crippen molar-refractivity contribution in [2.24, 2.45) is 0 Å². The minimum absolute atomic E-state index is 0.0939. The Bertz CT molecular complexity index is 948. The molecule has 0 radical (unpaired) electrons. The average molecular weight is 454 g/mol. The van der Waals surface area contributed by atoms with Crippen LogP contribution in [0.15, 0.2) is 71.3 Å². The van der Waals surface area contributed by atoms with Gasteiger partial charge in [-0.15, -0.1) is 8.78 Å². The number of carbonyl (C=O) groups is 1. The van der Waals surface area contributed by atoms with Crippen LogP contribution in [-0.2, 0) is 0 Å². The first-order chi connectivity index (χ1) is 12.8. The summed E-state index contributed by atoms with van der Waals surface area (Å²) in [5.74, 6) is -0.393. The topological polar surface area (TPSA) is 51.2 Å². The number of benzene rings is 2. The maximum atomic E-state index is 12.7. The number of halogens is 4. The third-order valence-corrected chi connectivity index (χ3v) is 4.27. The molecule has 1 N–H and O–H groups in total. The Labute approximate surface area is 167 Å². The van der Waals surface area contributed by atoms with E-state index in [9.17, 15) is 13.6 Å². The van der Waals surface area contributed by atoms with Gasteiger partial charge in [-0.05, 0) is 58.4 Å². The lowest BCUT2D eigenvalue weighted by atomic mass is 10.1. The Balaban J connectivity index is 1.91. The Kier molecular flexibility index (Phi) is 5.72. The summed E-state index contributed by atoms with van der Waals surface area (Å²) in [6.45, 7) is 0. The summed E-state index contributed by atoms with van der Waals surface area (Å²) in [6, 6.07) is 16.2. The van der Waals surface area contributed by atoms with E-state index < -0.39 is 5.57 Å². The second-order valence-corrected chi connectivity index (χ2v) is 6.70. The van der Waals surface area contributed by atoms with Crippen LogP contribution in [0.1, 0.15) is 10.4 Å². The normalized spacial score (nSPS) is 11.1. The Hall–Kier alpha value is -2.51. The fourth-order valence-corrected chi connectivity index (χ4v) is 2.86. The fraction of sp³-hybridized carbons (Fsp3) is 0.0526. The van der Waals surface area contributed by atoms with Crippen LogP contribution in [0.25, 0.3) is 11.3 Å². The van der Waals surface area contributed by atoms with Crippen molar-refractivity contribution in [1.29, 1.82) is 0 Å². The van der Waals surface area contributed by atoms with Gasteiger partial charge in [-0.1, -0.05) is 18.2 Å². The van der Waals surface area contributed by atoms with Crippen LogP contribution < -0.4 is 10.1 Å². The van der Waals surface area contributed by atoms with Crippen molar-refractivity contribution in [3.8, 4) is 17.0 Å². The molecule has 3 aromatic rings. The highest BCUT2D eigenvalue weighted by molar-refractivity contribution is 9.10. The lowest BCUT2D eigenvalue weighted by molar-refractivity contribution is -0.0964. The average Bonchev–Trinajstić information content (AvgIpc) is 2.63. The van der Waals surface area contributed by atoms with Crippen molar-refractivity contribution in [2.45, 2.75) is 5.57 Å². The summed E-state index contributed by atoms with van der Waals surface area (Å²) in [7, 11) is 0. The number of ether oxygens (including phenoxy) is 1. The summed E-state index contributed by atoms with van der Waals surface area (Å²) < 4.78 is 30.4. The Morgan fingerprint density at radius 2 is 1.74 bits per heavy atom. The summed E-state index contributed by atoms with van der Waals surface area (Å²) >= 11 is 8.17. The lowest BCUT2D eigenvalue weighted by Gasteiger charge is -2.14. The minimum atomic E-state index is -3.79. The maximum absolute atomic E-state index is 12.7. The van der Waals surface area contributed by atoms with E-state index in [1.807, 2.05) is 6.07 Å². The van der Waals surface area contributed by atoms with Gasteiger partial charge in [0.2, 0.25) is 0 Å². The van der Waals surface area contributed by atoms with E-state index in [1.165, 1.54) is 12.1 Å². The van der Waals surface area contributed by atoms with Gasteiger partial charge >= 0.3 is 5.57 Å². The molecule has 0 aliphatic carbocycles. The number of hydrogen-bond acceptors (Lipinski definition) is 3. The quantitative estimate of drug-likeness (QED) is 0.487. The van der Waals surface area contributed by atoms with Crippen LogP contribution in [0.5, 0.6) is 5.75 Å². The molecule has 1 aromatic heterocycles. The zero-order valence-corrected chi connectivity index (χ0v) is 16.0. The maximum Gasteiger partial charge on any atom is 0.487 e. The third-order valence-electron chi connectivity index (χ3n) is 3.54. The Morgan fingerprint density at radius 1 is 1.07 bits per heavy atom. The predicted octanol–water partition coefficient (Wildman–Crippen LogP) is 5.93. The van der Waals surface area contributed by atoms with Crippen molar-refractivity contribution >= 4 is 39.1 Å². The number of alkyl halides is 3. The molecular weight excluding hydrogens is 442 g/mol. The lowest BCUT2D eigenvalue weighted by Crippen LogP contribution is -2.15. The van der Waals surface area contributed by atoms with Crippen LogP contribution in [0.4, 0.5) is 14.5 Å². The van der Waals surface area contributed by atoms with Gasteiger partial charge in [-0.3, -0.25) is 9.78 Å². The van der Waals surface area contributed by atoms with Crippen molar-refractivity contribution in [1.82, 2.24) is 4.98 Å². The molecule has 4 nitrogen and oxygen atoms in total. The Morgan fingerprint density at radius 3 is 2.37 bits per heavy atom. The van der Waals surface area contributed by atoms with E-state index in [1.54, 1.807) is 48.7 Å². The SMILES string of the molecule is O=C(Nc1c(Br)ccnc1-c1ccc(OC(F)(F)Cl)cc1)c1ccccc1. The first-order valence-corrected chi connectivity index (χ1v) is 8.88. The van der Waals surface area contributed by atoms with E-state index in [2.05, 4.69) is 31.0 Å². The van der Waals surface area contributed by atoms with Gasteiger partial charge in [-0.2, -0.15) is 0 Å². The first-order valence-electron chi connectivity index (χ1n) is 7.70. The van der Waals surface area contributed by atoms with Gasteiger partial charge in [0.15, 0.2) is 0 Å². The second-order valence-electron chi connectivity index (χ2n) is 5.41. The van der Waals surface area contributed by atoms with Gasteiger partial charge in [0.1, 0.15) is 5.75 Å². The number of rotatable bonds is 5. The highest BCUT2D eigenvalue weighted by atomic mass is 79.9. The smallest absolute Gasteiger partial charge is 0.420 e. The molecule has 8 heteroatoms. The molecule has 0 aliphatic rings. The number of pyridine rings is 1. The monoisotopic (exact) mass is 452 g/mol. The first kappa shape index (κ1) is 19.3. The summed E-state index contributed by atoms with van der Waals surface area (Å²) in [5.41, 5.74) is -1.76. The zero-order valence-electron chi connectivity index (χ0n) is 13.6. The number of carbonyl (C=O) groups excluding carboxylic acids is 1. The van der Waals surface area contributed by atoms with Gasteiger partial charge in [0.25, 0.3) is 5.91 Å². The van der Waals surface area contributed by atoms with Crippen LogP contribution in [0.2, 0.25) is 0 Å². The fourth-order valence-electron chi connectivity index (χ4n) is 2.37. The van der Waals surface area contributed by atoms with E-state index in [-0.39, 0.29) is 11.7 Å². The standard InChI is InChI=1S/C19H12BrClF2N2O2/c20-15-10-11-24-16(12-6-8-14(9-7-12)27-19(21,22)23)17(15)25-18(26)13-4-2-1-3-5-13/h1-11H,(H,25,26). The van der Waals surface area contributed by atoms with Gasteiger partial charge in [0, 0.05) is 33.4 Å². The third kappa shape index (κ3) is 5.02. The molecule has 138 valence electrons. The molecule has 0 unspecified atom stereocenters. The number of amides is 1. The van der Waals surface area contributed by atoms with Gasteiger partial charge in [0.05, 0.1) is 11.4 Å². The van der Waals surface area contributed by atoms with Crippen LogP contribution in [0, 0.1) is 0 Å². The summed E-state index contributed by atoms with van der Waals surface area (Å²) in [4.78, 5) is 16.8. The molecule has 3 rings (SSSR count). The van der Waals surface area contributed by atoms with Crippen LogP contribution in [-0.4, -0.2) is 16.5 Å². The number of nitrogens with one attached hydrogen (secondary N) is 1. The second kappa shape index (κ2) is 8.02. The number of anilines is 1. The number of nitrogens with zero attached hydrogens (tertiary/aromatic N) is 1. The molecule has 0 aliphatic heterocycles. The molecule has 2 aromatic carbocycles. The molecule has 0 spiro atoms. The van der Waals surface area contributed by atoms with E-state index in [0.29, 0.717) is 27.0 Å². The van der Waals surface area contributed by atoms with Crippen LogP contribution in [0.3, 0.4) is 0 Å². The highest BCUT2D eigenvalue weighted by Crippen LogP contribution is 2.34. The molecule has 27 heavy (non-hydrogen) atoms. The summed E-state index contributed by atoms with van der Waals surface area (Å²) in [5, 5.41) is 2.83. The molecule has 0 bridgehead atoms. The van der Waals surface area contributed by atoms with Crippen molar-refractivity contribution in [3.05, 3.63) is 76.9 Å². The number of hydrogen-bond donors (Lipinski definition) is 1.